The standard InChI is InChI=1S/C15H12FN3O4/c1-23-15(20)10-6-13(19(21)22)14(17-8-10)18-5-4-9-2-3-11(16)7-12(9)18/h2-3,6-8H,4-5H2,1H3. The van der Waals surface area contributed by atoms with Crippen molar-refractivity contribution in [2.75, 3.05) is 18.6 Å². The van der Waals surface area contributed by atoms with E-state index in [4.69, 9.17) is 0 Å². The number of nitro groups is 1. The number of anilines is 2. The van der Waals surface area contributed by atoms with Crippen LogP contribution in [0.15, 0.2) is 30.5 Å². The van der Waals surface area contributed by atoms with Crippen molar-refractivity contribution in [2.24, 2.45) is 0 Å². The number of rotatable bonds is 3. The molecule has 23 heavy (non-hydrogen) atoms. The molecule has 7 nitrogen and oxygen atoms in total. The monoisotopic (exact) mass is 317 g/mol. The van der Waals surface area contributed by atoms with E-state index in [2.05, 4.69) is 9.72 Å². The number of methoxy groups -OCH3 is 1. The SMILES string of the molecule is COC(=O)c1cnc(N2CCc3ccc(F)cc32)c([N+](=O)[O-])c1. The zero-order valence-electron chi connectivity index (χ0n) is 12.2. The van der Waals surface area contributed by atoms with Gasteiger partial charge in [0.1, 0.15) is 5.82 Å². The van der Waals surface area contributed by atoms with Crippen molar-refractivity contribution in [2.45, 2.75) is 6.42 Å². The minimum absolute atomic E-state index is 0.0124. The van der Waals surface area contributed by atoms with Gasteiger partial charge in [0.15, 0.2) is 0 Å². The molecule has 2 heterocycles. The molecule has 0 amide bonds. The number of carbonyl (C=O) groups is 1. The molecule has 2 aromatic rings. The number of hydrogen-bond donors (Lipinski definition) is 0. The Morgan fingerprint density at radius 1 is 1.43 bits per heavy atom. The van der Waals surface area contributed by atoms with Crippen LogP contribution in [0, 0.1) is 15.9 Å². The molecule has 1 aromatic heterocycles. The third-order valence-electron chi connectivity index (χ3n) is 3.66. The van der Waals surface area contributed by atoms with Gasteiger partial charge in [-0.2, -0.15) is 0 Å². The van der Waals surface area contributed by atoms with E-state index in [1.165, 1.54) is 25.4 Å². The zero-order chi connectivity index (χ0) is 16.6. The minimum atomic E-state index is -0.708. The molecule has 0 radical (unpaired) electrons. The molecule has 0 fully saturated rings. The van der Waals surface area contributed by atoms with E-state index in [0.29, 0.717) is 18.7 Å². The first kappa shape index (κ1) is 14.9. The van der Waals surface area contributed by atoms with E-state index in [-0.39, 0.29) is 17.1 Å². The Bertz CT molecular complexity index is 809. The van der Waals surface area contributed by atoms with E-state index in [9.17, 15) is 19.3 Å². The fourth-order valence-corrected chi connectivity index (χ4v) is 2.59. The molecule has 0 aliphatic carbocycles. The Labute approximate surface area is 130 Å². The number of esters is 1. The van der Waals surface area contributed by atoms with Gasteiger partial charge in [0.25, 0.3) is 0 Å². The molecule has 0 N–H and O–H groups in total. The molecule has 1 aromatic carbocycles. The number of nitrogens with zero attached hydrogens (tertiary/aromatic N) is 3. The highest BCUT2D eigenvalue weighted by Gasteiger charge is 2.29. The fourth-order valence-electron chi connectivity index (χ4n) is 2.59. The van der Waals surface area contributed by atoms with Gasteiger partial charge in [-0.1, -0.05) is 6.07 Å². The van der Waals surface area contributed by atoms with Crippen LogP contribution in [-0.4, -0.2) is 29.5 Å². The van der Waals surface area contributed by atoms with E-state index in [1.54, 1.807) is 11.0 Å². The van der Waals surface area contributed by atoms with Gasteiger partial charge < -0.3 is 9.64 Å². The highest BCUT2D eigenvalue weighted by Crippen LogP contribution is 2.38. The Hall–Kier alpha value is -3.03. The maximum Gasteiger partial charge on any atom is 0.339 e. The summed E-state index contributed by atoms with van der Waals surface area (Å²) in [5, 5.41) is 11.3. The summed E-state index contributed by atoms with van der Waals surface area (Å²) in [7, 11) is 1.18. The van der Waals surface area contributed by atoms with Crippen molar-refractivity contribution in [3.05, 3.63) is 57.5 Å². The molecule has 0 saturated heterocycles. The number of benzene rings is 1. The number of ether oxygens (including phenoxy) is 1. The topological polar surface area (TPSA) is 85.6 Å². The molecule has 0 saturated carbocycles. The number of carbonyl (C=O) groups excluding carboxylic acids is 1. The third-order valence-corrected chi connectivity index (χ3v) is 3.66. The number of halogens is 1. The molecule has 8 heteroatoms. The zero-order valence-corrected chi connectivity index (χ0v) is 12.2. The second-order valence-electron chi connectivity index (χ2n) is 4.99. The molecule has 0 atom stereocenters. The Morgan fingerprint density at radius 2 is 2.22 bits per heavy atom. The number of hydrogen-bond acceptors (Lipinski definition) is 6. The lowest BCUT2D eigenvalue weighted by atomic mass is 10.1. The highest BCUT2D eigenvalue weighted by atomic mass is 19.1. The summed E-state index contributed by atoms with van der Waals surface area (Å²) in [6, 6.07) is 5.44. The van der Waals surface area contributed by atoms with Crippen LogP contribution >= 0.6 is 0 Å². The summed E-state index contributed by atoms with van der Waals surface area (Å²) in [5.74, 6) is -1.06. The molecule has 0 bridgehead atoms. The first-order valence-corrected chi connectivity index (χ1v) is 6.80. The van der Waals surface area contributed by atoms with Gasteiger partial charge in [-0.25, -0.2) is 14.2 Å². The van der Waals surface area contributed by atoms with Crippen molar-refractivity contribution in [3.8, 4) is 0 Å². The van der Waals surface area contributed by atoms with E-state index in [0.717, 1.165) is 11.6 Å². The molecule has 118 valence electrons. The maximum atomic E-state index is 13.5. The van der Waals surface area contributed by atoms with Gasteiger partial charge in [0.05, 0.1) is 17.6 Å². The molecular formula is C15H12FN3O4. The normalized spacial score (nSPS) is 12.9. The van der Waals surface area contributed by atoms with Crippen molar-refractivity contribution >= 4 is 23.2 Å². The van der Waals surface area contributed by atoms with E-state index < -0.39 is 16.7 Å². The lowest BCUT2D eigenvalue weighted by Gasteiger charge is -2.18. The predicted octanol–water partition coefficient (Wildman–Crippen LogP) is 2.61. The quantitative estimate of drug-likeness (QED) is 0.491. The van der Waals surface area contributed by atoms with Crippen LogP contribution in [-0.2, 0) is 11.2 Å². The molecule has 1 aliphatic rings. The fraction of sp³-hybridized carbons (Fsp3) is 0.200. The van der Waals surface area contributed by atoms with E-state index >= 15 is 0 Å². The van der Waals surface area contributed by atoms with Gasteiger partial charge in [-0.15, -0.1) is 0 Å². The largest absolute Gasteiger partial charge is 0.465 e. The summed E-state index contributed by atoms with van der Waals surface area (Å²) in [4.78, 5) is 27.9. The summed E-state index contributed by atoms with van der Waals surface area (Å²) < 4.78 is 18.0. The predicted molar refractivity (Wildman–Crippen MR) is 79.3 cm³/mol. The van der Waals surface area contributed by atoms with Gasteiger partial charge in [0, 0.05) is 24.5 Å². The van der Waals surface area contributed by atoms with Crippen LogP contribution in [0.5, 0.6) is 0 Å². The number of pyridine rings is 1. The van der Waals surface area contributed by atoms with Crippen LogP contribution in [0.2, 0.25) is 0 Å². The van der Waals surface area contributed by atoms with Gasteiger partial charge in [-0.3, -0.25) is 10.1 Å². The Morgan fingerprint density at radius 3 is 2.91 bits per heavy atom. The average molecular weight is 317 g/mol. The van der Waals surface area contributed by atoms with Crippen LogP contribution < -0.4 is 4.90 Å². The first-order chi connectivity index (χ1) is 11.0. The number of fused-ring (bicyclic) bond motifs is 1. The van der Waals surface area contributed by atoms with Crippen LogP contribution in [0.25, 0.3) is 0 Å². The Kier molecular flexibility index (Phi) is 3.65. The van der Waals surface area contributed by atoms with Gasteiger partial charge in [0.2, 0.25) is 5.82 Å². The smallest absolute Gasteiger partial charge is 0.339 e. The van der Waals surface area contributed by atoms with Crippen LogP contribution in [0.4, 0.5) is 21.6 Å². The number of aromatic nitrogens is 1. The van der Waals surface area contributed by atoms with Crippen LogP contribution in [0.1, 0.15) is 15.9 Å². The molecular weight excluding hydrogens is 305 g/mol. The van der Waals surface area contributed by atoms with Gasteiger partial charge in [-0.05, 0) is 24.1 Å². The second-order valence-corrected chi connectivity index (χ2v) is 4.99. The van der Waals surface area contributed by atoms with Crippen molar-refractivity contribution in [1.82, 2.24) is 4.98 Å². The first-order valence-electron chi connectivity index (χ1n) is 6.80. The van der Waals surface area contributed by atoms with Crippen molar-refractivity contribution in [1.29, 1.82) is 0 Å². The molecule has 0 unspecified atom stereocenters. The Balaban J connectivity index is 2.09. The average Bonchev–Trinajstić information content (AvgIpc) is 2.96. The molecule has 1 aliphatic heterocycles. The summed E-state index contributed by atoms with van der Waals surface area (Å²) >= 11 is 0. The highest BCUT2D eigenvalue weighted by molar-refractivity contribution is 5.90. The third kappa shape index (κ3) is 2.59. The second kappa shape index (κ2) is 5.64. The summed E-state index contributed by atoms with van der Waals surface area (Å²) in [6.07, 6.45) is 1.85. The molecule has 3 rings (SSSR count). The lowest BCUT2D eigenvalue weighted by Crippen LogP contribution is -2.17. The summed E-state index contributed by atoms with van der Waals surface area (Å²) in [5.41, 5.74) is 1.09. The molecule has 0 spiro atoms. The van der Waals surface area contributed by atoms with Crippen molar-refractivity contribution < 1.29 is 18.8 Å². The summed E-state index contributed by atoms with van der Waals surface area (Å²) in [6.45, 7) is 0.449. The minimum Gasteiger partial charge on any atom is -0.465 e. The maximum absolute atomic E-state index is 13.5. The van der Waals surface area contributed by atoms with Gasteiger partial charge >= 0.3 is 11.7 Å². The lowest BCUT2D eigenvalue weighted by molar-refractivity contribution is -0.384. The van der Waals surface area contributed by atoms with Crippen LogP contribution in [0.3, 0.4) is 0 Å². The van der Waals surface area contributed by atoms with E-state index in [1.807, 2.05) is 0 Å². The van der Waals surface area contributed by atoms with Crippen molar-refractivity contribution in [3.63, 3.8) is 0 Å².